The van der Waals surface area contributed by atoms with E-state index in [1.54, 1.807) is 31.3 Å². The molecule has 1 fully saturated rings. The fraction of sp³-hybridized carbons (Fsp3) is 0.292. The van der Waals surface area contributed by atoms with Crippen LogP contribution in [0, 0.1) is 5.82 Å². The molecule has 3 heterocycles. The number of H-pyrrole nitrogens is 1. The Hall–Kier alpha value is -3.43. The summed E-state index contributed by atoms with van der Waals surface area (Å²) in [5.41, 5.74) is 1.31. The predicted octanol–water partition coefficient (Wildman–Crippen LogP) is 2.59. The molecule has 34 heavy (non-hydrogen) atoms. The highest BCUT2D eigenvalue weighted by molar-refractivity contribution is 6.30. The number of para-hydroxylation sites is 1. The molecule has 0 spiro atoms. The molecule has 0 atom stereocenters. The number of aryl methyl sites for hydroxylation is 1. The molecule has 0 bridgehead atoms. The number of hydrogen-bond acceptors (Lipinski definition) is 5. The highest BCUT2D eigenvalue weighted by atomic mass is 35.5. The second kappa shape index (κ2) is 9.08. The highest BCUT2D eigenvalue weighted by Crippen LogP contribution is 2.22. The minimum Gasteiger partial charge on any atom is -0.367 e. The van der Waals surface area contributed by atoms with Gasteiger partial charge in [0.25, 0.3) is 5.56 Å². The lowest BCUT2D eigenvalue weighted by atomic mass is 10.2. The van der Waals surface area contributed by atoms with Gasteiger partial charge in [0.15, 0.2) is 11.2 Å². The van der Waals surface area contributed by atoms with Crippen molar-refractivity contribution in [3.8, 4) is 0 Å². The van der Waals surface area contributed by atoms with Crippen LogP contribution in [0.15, 0.2) is 58.1 Å². The van der Waals surface area contributed by atoms with Gasteiger partial charge in [0, 0.05) is 44.8 Å². The zero-order valence-electron chi connectivity index (χ0n) is 18.7. The van der Waals surface area contributed by atoms with Crippen molar-refractivity contribution in [2.75, 3.05) is 31.1 Å². The molecule has 2 aromatic carbocycles. The SMILES string of the molecule is Cn1c(=O)[nH]c(=O)c2c1nc(CN1CCN(c3ccccc3F)CC1)n2Cc1ccc(Cl)cc1. The van der Waals surface area contributed by atoms with Gasteiger partial charge in [-0.05, 0) is 29.8 Å². The van der Waals surface area contributed by atoms with E-state index < -0.39 is 11.2 Å². The molecule has 1 aliphatic rings. The Bertz CT molecular complexity index is 1450. The molecule has 8 nitrogen and oxygen atoms in total. The number of imidazole rings is 1. The lowest BCUT2D eigenvalue weighted by Crippen LogP contribution is -2.46. The summed E-state index contributed by atoms with van der Waals surface area (Å²) in [5, 5.41) is 0.632. The quantitative estimate of drug-likeness (QED) is 0.473. The maximum Gasteiger partial charge on any atom is 0.329 e. The van der Waals surface area contributed by atoms with Crippen LogP contribution in [-0.2, 0) is 20.1 Å². The van der Waals surface area contributed by atoms with Crippen LogP contribution in [0.25, 0.3) is 11.2 Å². The van der Waals surface area contributed by atoms with Crippen molar-refractivity contribution in [3.05, 3.63) is 91.6 Å². The van der Waals surface area contributed by atoms with Gasteiger partial charge in [-0.3, -0.25) is 19.2 Å². The first-order chi connectivity index (χ1) is 16.4. The fourth-order valence-electron chi connectivity index (χ4n) is 4.40. The van der Waals surface area contributed by atoms with Crippen LogP contribution in [0.2, 0.25) is 5.02 Å². The van der Waals surface area contributed by atoms with Crippen molar-refractivity contribution in [3.63, 3.8) is 0 Å². The summed E-state index contributed by atoms with van der Waals surface area (Å²) in [5.74, 6) is 0.469. The summed E-state index contributed by atoms with van der Waals surface area (Å²) in [7, 11) is 1.59. The molecule has 0 aliphatic carbocycles. The van der Waals surface area contributed by atoms with Crippen LogP contribution in [0.4, 0.5) is 10.1 Å². The lowest BCUT2D eigenvalue weighted by molar-refractivity contribution is 0.241. The van der Waals surface area contributed by atoms with E-state index in [0.717, 1.165) is 5.56 Å². The number of aromatic nitrogens is 4. The van der Waals surface area contributed by atoms with Crippen LogP contribution in [0.5, 0.6) is 0 Å². The molecule has 1 N–H and O–H groups in total. The standard InChI is InChI=1S/C24H24ClFN6O2/c1-29-22-21(23(33)28-24(29)34)32(14-16-6-8-17(25)9-7-16)20(27-22)15-30-10-12-31(13-11-30)19-5-3-2-4-18(19)26/h2-9H,10-15H2,1H3,(H,28,33,34). The first-order valence-corrected chi connectivity index (χ1v) is 11.4. The Morgan fingerprint density at radius 2 is 1.71 bits per heavy atom. The molecule has 176 valence electrons. The fourth-order valence-corrected chi connectivity index (χ4v) is 4.52. The lowest BCUT2D eigenvalue weighted by Gasteiger charge is -2.36. The Morgan fingerprint density at radius 1 is 1.00 bits per heavy atom. The van der Waals surface area contributed by atoms with Crippen LogP contribution in [0.1, 0.15) is 11.4 Å². The molecular weight excluding hydrogens is 459 g/mol. The van der Waals surface area contributed by atoms with E-state index in [9.17, 15) is 14.0 Å². The van der Waals surface area contributed by atoms with E-state index in [2.05, 4.69) is 9.88 Å². The van der Waals surface area contributed by atoms with Gasteiger partial charge in [0.05, 0.1) is 12.2 Å². The number of aromatic amines is 1. The molecular formula is C24H24ClFN6O2. The number of hydrogen-bond donors (Lipinski definition) is 1. The molecule has 0 unspecified atom stereocenters. The number of anilines is 1. The van der Waals surface area contributed by atoms with Crippen molar-refractivity contribution in [2.24, 2.45) is 7.05 Å². The third kappa shape index (κ3) is 4.24. The molecule has 0 radical (unpaired) electrons. The maximum atomic E-state index is 14.2. The van der Waals surface area contributed by atoms with E-state index in [4.69, 9.17) is 16.6 Å². The largest absolute Gasteiger partial charge is 0.367 e. The highest BCUT2D eigenvalue weighted by Gasteiger charge is 2.23. The number of benzene rings is 2. The van der Waals surface area contributed by atoms with Crippen molar-refractivity contribution in [1.29, 1.82) is 0 Å². The smallest absolute Gasteiger partial charge is 0.329 e. The molecule has 0 saturated carbocycles. The zero-order valence-corrected chi connectivity index (χ0v) is 19.4. The van der Waals surface area contributed by atoms with Gasteiger partial charge in [-0.15, -0.1) is 0 Å². The molecule has 4 aromatic rings. The minimum absolute atomic E-state index is 0.221. The van der Waals surface area contributed by atoms with Gasteiger partial charge in [0.1, 0.15) is 11.6 Å². The molecule has 1 aliphatic heterocycles. The molecule has 2 aromatic heterocycles. The molecule has 1 saturated heterocycles. The van der Waals surface area contributed by atoms with Crippen molar-refractivity contribution < 1.29 is 4.39 Å². The summed E-state index contributed by atoms with van der Waals surface area (Å²) in [6.45, 7) is 3.71. The number of nitrogens with zero attached hydrogens (tertiary/aromatic N) is 5. The Balaban J connectivity index is 1.45. The predicted molar refractivity (Wildman–Crippen MR) is 130 cm³/mol. The van der Waals surface area contributed by atoms with Crippen LogP contribution in [-0.4, -0.2) is 50.2 Å². The Morgan fingerprint density at radius 3 is 2.41 bits per heavy atom. The zero-order chi connectivity index (χ0) is 23.8. The van der Waals surface area contributed by atoms with Crippen molar-refractivity contribution in [1.82, 2.24) is 24.0 Å². The number of nitrogens with one attached hydrogen (secondary N) is 1. The summed E-state index contributed by atoms with van der Waals surface area (Å²) in [6.07, 6.45) is 0. The summed E-state index contributed by atoms with van der Waals surface area (Å²) in [4.78, 5) is 36.2. The third-order valence-electron chi connectivity index (χ3n) is 6.27. The van der Waals surface area contributed by atoms with Gasteiger partial charge in [-0.25, -0.2) is 14.2 Å². The van der Waals surface area contributed by atoms with Crippen LogP contribution < -0.4 is 16.1 Å². The summed E-state index contributed by atoms with van der Waals surface area (Å²) >= 11 is 6.03. The van der Waals surface area contributed by atoms with Crippen molar-refractivity contribution >= 4 is 28.5 Å². The number of fused-ring (bicyclic) bond motifs is 1. The maximum absolute atomic E-state index is 14.2. The van der Waals surface area contributed by atoms with Gasteiger partial charge in [-0.1, -0.05) is 35.9 Å². The Labute approximate surface area is 199 Å². The van der Waals surface area contributed by atoms with Crippen LogP contribution in [0.3, 0.4) is 0 Å². The third-order valence-corrected chi connectivity index (χ3v) is 6.52. The van der Waals surface area contributed by atoms with E-state index in [0.29, 0.717) is 67.0 Å². The first kappa shape index (κ1) is 22.4. The normalized spacial score (nSPS) is 14.7. The van der Waals surface area contributed by atoms with Crippen molar-refractivity contribution in [2.45, 2.75) is 13.1 Å². The summed E-state index contributed by atoms with van der Waals surface area (Å²) < 4.78 is 17.4. The number of halogens is 2. The molecule has 5 rings (SSSR count). The average Bonchev–Trinajstić information content (AvgIpc) is 3.18. The number of piperazine rings is 1. The molecule has 10 heteroatoms. The monoisotopic (exact) mass is 482 g/mol. The molecule has 0 amide bonds. The van der Waals surface area contributed by atoms with E-state index in [-0.39, 0.29) is 5.82 Å². The van der Waals surface area contributed by atoms with Gasteiger partial charge >= 0.3 is 5.69 Å². The van der Waals surface area contributed by atoms with Gasteiger partial charge < -0.3 is 9.47 Å². The topological polar surface area (TPSA) is 79.2 Å². The first-order valence-electron chi connectivity index (χ1n) is 11.1. The van der Waals surface area contributed by atoms with E-state index in [1.165, 1.54) is 10.6 Å². The average molecular weight is 483 g/mol. The van der Waals surface area contributed by atoms with E-state index in [1.807, 2.05) is 27.7 Å². The Kier molecular flexibility index (Phi) is 5.97. The van der Waals surface area contributed by atoms with Crippen LogP contribution >= 0.6 is 11.6 Å². The second-order valence-corrected chi connectivity index (χ2v) is 8.88. The summed E-state index contributed by atoms with van der Waals surface area (Å²) in [6, 6.07) is 14.2. The van der Waals surface area contributed by atoms with E-state index >= 15 is 0 Å². The number of rotatable bonds is 5. The second-order valence-electron chi connectivity index (χ2n) is 8.45. The van der Waals surface area contributed by atoms with Gasteiger partial charge in [0.2, 0.25) is 0 Å². The minimum atomic E-state index is -0.501. The van der Waals surface area contributed by atoms with Gasteiger partial charge in [-0.2, -0.15) is 0 Å².